The molecule has 1 saturated carbocycles. The summed E-state index contributed by atoms with van der Waals surface area (Å²) in [6, 6.07) is 5.98. The van der Waals surface area contributed by atoms with Crippen molar-refractivity contribution in [3.63, 3.8) is 0 Å². The molecule has 0 saturated heterocycles. The maximum Gasteiger partial charge on any atom is 0.0472 e. The van der Waals surface area contributed by atoms with Crippen LogP contribution in [0.15, 0.2) is 24.4 Å². The number of hydrogen-bond acceptors (Lipinski definition) is 1. The van der Waals surface area contributed by atoms with E-state index in [1.165, 1.54) is 30.2 Å². The number of benzene rings is 1. The quantitative estimate of drug-likeness (QED) is 0.789. The molecule has 2 aromatic rings. The van der Waals surface area contributed by atoms with Crippen LogP contribution >= 0.6 is 11.6 Å². The van der Waals surface area contributed by atoms with E-state index in [9.17, 15) is 0 Å². The van der Waals surface area contributed by atoms with Gasteiger partial charge in [-0.1, -0.05) is 36.9 Å². The number of halogens is 1. The van der Waals surface area contributed by atoms with Crippen molar-refractivity contribution in [1.29, 1.82) is 0 Å². The second-order valence-electron chi connectivity index (χ2n) is 5.11. The summed E-state index contributed by atoms with van der Waals surface area (Å²) in [5, 5.41) is 1.99. The number of hydrogen-bond donors (Lipinski definition) is 2. The van der Waals surface area contributed by atoms with Gasteiger partial charge in [0.2, 0.25) is 0 Å². The predicted molar refractivity (Wildman–Crippen MR) is 72.3 cm³/mol. The third kappa shape index (κ3) is 1.85. The standard InChI is InChI=1S/C14H17ClN2/c15-10-4-5-11-12(9-17-13(11)8-10)14(16)6-2-1-3-7-14/h4-5,8-9,17H,1-3,6-7,16H2. The summed E-state index contributed by atoms with van der Waals surface area (Å²) in [7, 11) is 0. The van der Waals surface area contributed by atoms with Crippen LogP contribution in [0, 0.1) is 0 Å². The molecule has 0 amide bonds. The van der Waals surface area contributed by atoms with Crippen LogP contribution in [0.2, 0.25) is 5.02 Å². The molecule has 0 unspecified atom stereocenters. The highest BCUT2D eigenvalue weighted by Gasteiger charge is 2.31. The van der Waals surface area contributed by atoms with Crippen molar-refractivity contribution < 1.29 is 0 Å². The van der Waals surface area contributed by atoms with Gasteiger partial charge < -0.3 is 10.7 Å². The van der Waals surface area contributed by atoms with Crippen LogP contribution in [-0.2, 0) is 5.54 Å². The predicted octanol–water partition coefficient (Wildman–Crippen LogP) is 3.94. The lowest BCUT2D eigenvalue weighted by Gasteiger charge is -2.33. The molecule has 90 valence electrons. The van der Waals surface area contributed by atoms with Crippen molar-refractivity contribution in [2.24, 2.45) is 5.73 Å². The molecule has 0 bridgehead atoms. The summed E-state index contributed by atoms with van der Waals surface area (Å²) in [5.74, 6) is 0. The number of nitrogens with one attached hydrogen (secondary N) is 1. The van der Waals surface area contributed by atoms with Crippen molar-refractivity contribution in [1.82, 2.24) is 4.98 Å². The summed E-state index contributed by atoms with van der Waals surface area (Å²) in [5.41, 5.74) is 8.77. The van der Waals surface area contributed by atoms with E-state index in [-0.39, 0.29) is 5.54 Å². The summed E-state index contributed by atoms with van der Waals surface area (Å²) in [6.45, 7) is 0. The molecule has 3 rings (SSSR count). The fraction of sp³-hybridized carbons (Fsp3) is 0.429. The van der Waals surface area contributed by atoms with E-state index in [0.717, 1.165) is 23.4 Å². The highest BCUT2D eigenvalue weighted by molar-refractivity contribution is 6.31. The zero-order chi connectivity index (χ0) is 11.9. The highest BCUT2D eigenvalue weighted by atomic mass is 35.5. The lowest BCUT2D eigenvalue weighted by molar-refractivity contribution is 0.304. The molecule has 0 atom stereocenters. The van der Waals surface area contributed by atoms with Gasteiger partial charge in [-0.2, -0.15) is 0 Å². The van der Waals surface area contributed by atoms with Gasteiger partial charge in [0.15, 0.2) is 0 Å². The van der Waals surface area contributed by atoms with E-state index in [1.807, 2.05) is 12.1 Å². The molecule has 1 fully saturated rings. The van der Waals surface area contributed by atoms with Crippen LogP contribution in [0.3, 0.4) is 0 Å². The monoisotopic (exact) mass is 248 g/mol. The van der Waals surface area contributed by atoms with Gasteiger partial charge >= 0.3 is 0 Å². The second-order valence-corrected chi connectivity index (χ2v) is 5.55. The van der Waals surface area contributed by atoms with Crippen LogP contribution in [0.1, 0.15) is 37.7 Å². The average molecular weight is 249 g/mol. The van der Waals surface area contributed by atoms with E-state index in [0.29, 0.717) is 0 Å². The molecule has 1 aromatic heterocycles. The van der Waals surface area contributed by atoms with Gasteiger partial charge in [-0.25, -0.2) is 0 Å². The lowest BCUT2D eigenvalue weighted by Crippen LogP contribution is -2.38. The highest BCUT2D eigenvalue weighted by Crippen LogP contribution is 2.38. The van der Waals surface area contributed by atoms with Gasteiger partial charge in [-0.3, -0.25) is 0 Å². The topological polar surface area (TPSA) is 41.8 Å². The van der Waals surface area contributed by atoms with Crippen molar-refractivity contribution in [2.75, 3.05) is 0 Å². The molecule has 1 aromatic carbocycles. The Morgan fingerprint density at radius 3 is 2.71 bits per heavy atom. The zero-order valence-electron chi connectivity index (χ0n) is 9.80. The average Bonchev–Trinajstić information content (AvgIpc) is 2.73. The first-order chi connectivity index (χ1) is 8.19. The first-order valence-corrected chi connectivity index (χ1v) is 6.63. The Morgan fingerprint density at radius 2 is 1.94 bits per heavy atom. The molecule has 2 nitrogen and oxygen atoms in total. The summed E-state index contributed by atoms with van der Waals surface area (Å²) >= 11 is 6.00. The Bertz CT molecular complexity index is 538. The maximum atomic E-state index is 6.58. The van der Waals surface area contributed by atoms with Crippen molar-refractivity contribution in [2.45, 2.75) is 37.6 Å². The molecular weight excluding hydrogens is 232 g/mol. The first kappa shape index (κ1) is 11.1. The molecule has 0 aliphatic heterocycles. The third-order valence-electron chi connectivity index (χ3n) is 3.93. The number of aromatic amines is 1. The SMILES string of the molecule is NC1(c2c[nH]c3cc(Cl)ccc23)CCCCC1. The summed E-state index contributed by atoms with van der Waals surface area (Å²) in [6.07, 6.45) is 8.01. The van der Waals surface area contributed by atoms with Gasteiger partial charge in [0.05, 0.1) is 0 Å². The van der Waals surface area contributed by atoms with E-state index >= 15 is 0 Å². The van der Waals surface area contributed by atoms with Crippen molar-refractivity contribution in [3.05, 3.63) is 35.0 Å². The van der Waals surface area contributed by atoms with Crippen LogP contribution < -0.4 is 5.73 Å². The van der Waals surface area contributed by atoms with E-state index < -0.39 is 0 Å². The number of H-pyrrole nitrogens is 1. The molecule has 3 heteroatoms. The Balaban J connectivity index is 2.10. The Kier molecular flexibility index (Phi) is 2.64. The molecule has 1 aliphatic carbocycles. The minimum Gasteiger partial charge on any atom is -0.361 e. The molecule has 0 spiro atoms. The second kappa shape index (κ2) is 4.04. The molecule has 0 radical (unpaired) electrons. The maximum absolute atomic E-state index is 6.58. The fourth-order valence-electron chi connectivity index (χ4n) is 2.96. The zero-order valence-corrected chi connectivity index (χ0v) is 10.6. The van der Waals surface area contributed by atoms with E-state index in [4.69, 9.17) is 17.3 Å². The summed E-state index contributed by atoms with van der Waals surface area (Å²) in [4.78, 5) is 3.29. The van der Waals surface area contributed by atoms with Crippen LogP contribution in [0.5, 0.6) is 0 Å². The first-order valence-electron chi connectivity index (χ1n) is 6.25. The number of rotatable bonds is 1. The minimum atomic E-state index is -0.148. The fourth-order valence-corrected chi connectivity index (χ4v) is 3.13. The Labute approximate surface area is 106 Å². The third-order valence-corrected chi connectivity index (χ3v) is 4.16. The van der Waals surface area contributed by atoms with E-state index in [1.54, 1.807) is 0 Å². The van der Waals surface area contributed by atoms with Crippen LogP contribution in [-0.4, -0.2) is 4.98 Å². The molecule has 17 heavy (non-hydrogen) atoms. The van der Waals surface area contributed by atoms with Gasteiger partial charge in [-0.15, -0.1) is 0 Å². The lowest BCUT2D eigenvalue weighted by atomic mass is 9.77. The molecule has 3 N–H and O–H groups in total. The molecule has 1 heterocycles. The smallest absolute Gasteiger partial charge is 0.0472 e. The van der Waals surface area contributed by atoms with Crippen molar-refractivity contribution in [3.8, 4) is 0 Å². The van der Waals surface area contributed by atoms with Crippen LogP contribution in [0.25, 0.3) is 10.9 Å². The molecular formula is C14H17ClN2. The van der Waals surface area contributed by atoms with E-state index in [2.05, 4.69) is 17.2 Å². The number of nitrogens with two attached hydrogens (primary N) is 1. The van der Waals surface area contributed by atoms with Crippen molar-refractivity contribution >= 4 is 22.5 Å². The normalized spacial score (nSPS) is 19.6. The largest absolute Gasteiger partial charge is 0.361 e. The summed E-state index contributed by atoms with van der Waals surface area (Å²) < 4.78 is 0. The number of aromatic nitrogens is 1. The Morgan fingerprint density at radius 1 is 1.18 bits per heavy atom. The number of fused-ring (bicyclic) bond motifs is 1. The Hall–Kier alpha value is -0.990. The van der Waals surface area contributed by atoms with Crippen LogP contribution in [0.4, 0.5) is 0 Å². The van der Waals surface area contributed by atoms with Gasteiger partial charge in [0.1, 0.15) is 0 Å². The molecule has 1 aliphatic rings. The van der Waals surface area contributed by atoms with Gasteiger partial charge in [0, 0.05) is 27.7 Å². The van der Waals surface area contributed by atoms with Gasteiger partial charge in [0.25, 0.3) is 0 Å². The minimum absolute atomic E-state index is 0.148. The van der Waals surface area contributed by atoms with Gasteiger partial charge in [-0.05, 0) is 30.5 Å².